The Morgan fingerprint density at radius 3 is 2.62 bits per heavy atom. The molecule has 2 aromatic carbocycles. The van der Waals surface area contributed by atoms with Gasteiger partial charge in [0.1, 0.15) is 0 Å². The van der Waals surface area contributed by atoms with Gasteiger partial charge < -0.3 is 14.7 Å². The Balaban J connectivity index is 1.24. The smallest absolute Gasteiger partial charge is 0.278 e. The van der Waals surface area contributed by atoms with Crippen LogP contribution in [0.2, 0.25) is 0 Å². The predicted molar refractivity (Wildman–Crippen MR) is 135 cm³/mol. The highest BCUT2D eigenvalue weighted by atomic mass is 32.2. The first-order valence-corrected chi connectivity index (χ1v) is 13.7. The molecule has 2 unspecified atom stereocenters. The Morgan fingerprint density at radius 1 is 1.11 bits per heavy atom. The Hall–Kier alpha value is -3.16. The van der Waals surface area contributed by atoms with Crippen molar-refractivity contribution in [1.82, 2.24) is 19.8 Å². The van der Waals surface area contributed by atoms with Gasteiger partial charge >= 0.3 is 0 Å². The van der Waals surface area contributed by atoms with E-state index >= 15 is 0 Å². The van der Waals surface area contributed by atoms with E-state index in [1.165, 1.54) is 16.7 Å². The minimum atomic E-state index is -3.83. The zero-order chi connectivity index (χ0) is 25.8. The molecule has 3 aromatic rings. The van der Waals surface area contributed by atoms with Crippen LogP contribution in [0.1, 0.15) is 29.6 Å². The molecule has 12 heteroatoms. The van der Waals surface area contributed by atoms with Crippen LogP contribution in [0.15, 0.2) is 59.8 Å². The molecule has 2 atom stereocenters. The number of amides is 1. The summed E-state index contributed by atoms with van der Waals surface area (Å²) in [6.45, 7) is 0.934. The first-order chi connectivity index (χ1) is 18.0. The van der Waals surface area contributed by atoms with Crippen LogP contribution in [0.3, 0.4) is 0 Å². The molecule has 1 aromatic heterocycles. The second kappa shape index (κ2) is 11.1. The van der Waals surface area contributed by atoms with Gasteiger partial charge in [-0.3, -0.25) is 4.79 Å². The number of sulfonamides is 1. The molecule has 1 amide bonds. The molecule has 2 aliphatic rings. The number of piperazine rings is 1. The zero-order valence-corrected chi connectivity index (χ0v) is 21.0. The summed E-state index contributed by atoms with van der Waals surface area (Å²) in [4.78, 5) is 28.2. The molecule has 2 saturated heterocycles. The monoisotopic (exact) mass is 527 g/mol. The van der Waals surface area contributed by atoms with Gasteiger partial charge in [0.05, 0.1) is 23.1 Å². The highest BCUT2D eigenvalue weighted by molar-refractivity contribution is 7.89. The molecule has 2 aliphatic heterocycles. The van der Waals surface area contributed by atoms with Gasteiger partial charge in [0.25, 0.3) is 5.91 Å². The minimum absolute atomic E-state index is 0.154. The van der Waals surface area contributed by atoms with Gasteiger partial charge in [-0.25, -0.2) is 28.7 Å². The molecule has 2 fully saturated rings. The summed E-state index contributed by atoms with van der Waals surface area (Å²) in [5.74, 6) is -0.144. The maximum Gasteiger partial charge on any atom is 0.278 e. The molecule has 0 spiro atoms. The van der Waals surface area contributed by atoms with Gasteiger partial charge in [0.15, 0.2) is 6.29 Å². The van der Waals surface area contributed by atoms with E-state index in [1.54, 1.807) is 23.1 Å². The fourth-order valence-electron chi connectivity index (χ4n) is 4.53. The van der Waals surface area contributed by atoms with Crippen LogP contribution in [-0.2, 0) is 19.6 Å². The summed E-state index contributed by atoms with van der Waals surface area (Å²) in [6.07, 6.45) is 4.97. The van der Waals surface area contributed by atoms with E-state index in [4.69, 9.17) is 9.57 Å². The molecule has 5 rings (SSSR count). The predicted octanol–water partition coefficient (Wildman–Crippen LogP) is 1.69. The van der Waals surface area contributed by atoms with Crippen LogP contribution < -0.4 is 10.4 Å². The number of benzene rings is 2. The Morgan fingerprint density at radius 2 is 1.89 bits per heavy atom. The molecule has 2 N–H and O–H groups in total. The summed E-state index contributed by atoms with van der Waals surface area (Å²) < 4.78 is 33.6. The third-order valence-corrected chi connectivity index (χ3v) is 8.52. The van der Waals surface area contributed by atoms with Crippen molar-refractivity contribution < 1.29 is 27.9 Å². The number of hydroxylamine groups is 1. The first-order valence-electron chi connectivity index (χ1n) is 12.2. The molecule has 0 aliphatic carbocycles. The van der Waals surface area contributed by atoms with Crippen LogP contribution >= 0.6 is 0 Å². The number of hydrogen-bond acceptors (Lipinski definition) is 9. The second-order valence-corrected chi connectivity index (χ2v) is 10.9. The van der Waals surface area contributed by atoms with Crippen LogP contribution in [0.4, 0.5) is 5.95 Å². The summed E-state index contributed by atoms with van der Waals surface area (Å²) in [5, 5.41) is 11.8. The number of rotatable bonds is 7. The Kier molecular flexibility index (Phi) is 7.63. The Labute approximate surface area is 215 Å². The van der Waals surface area contributed by atoms with Gasteiger partial charge in [0.2, 0.25) is 16.0 Å². The van der Waals surface area contributed by atoms with E-state index < -0.39 is 28.3 Å². The molecule has 3 heterocycles. The van der Waals surface area contributed by atoms with Gasteiger partial charge in [-0.05, 0) is 35.7 Å². The fraction of sp³-hybridized carbons (Fsp3) is 0.400. The first kappa shape index (κ1) is 25.5. The zero-order valence-electron chi connectivity index (χ0n) is 20.2. The highest BCUT2D eigenvalue weighted by Crippen LogP contribution is 2.26. The van der Waals surface area contributed by atoms with E-state index in [-0.39, 0.29) is 30.2 Å². The molecule has 0 bridgehead atoms. The number of carbonyl (C=O) groups is 1. The Bertz CT molecular complexity index is 1350. The summed E-state index contributed by atoms with van der Waals surface area (Å²) in [7, 11) is -3.83. The molecule has 0 saturated carbocycles. The molecule has 196 valence electrons. The van der Waals surface area contributed by atoms with Crippen LogP contribution in [0.5, 0.6) is 0 Å². The SMILES string of the molecule is O=C(NOC1CCCCO1)c1cnc(N2CCN(S(=O)(=O)c3ccc4ccccc4c3)C(CO)C2)nc1. The molecular formula is C25H29N5O6S. The third kappa shape index (κ3) is 5.58. The number of nitrogens with one attached hydrogen (secondary N) is 1. The number of nitrogens with zero attached hydrogens (tertiary/aromatic N) is 4. The maximum atomic E-state index is 13.4. The van der Waals surface area contributed by atoms with Gasteiger partial charge in [-0.2, -0.15) is 4.31 Å². The van der Waals surface area contributed by atoms with Crippen LogP contribution in [-0.4, -0.2) is 78.9 Å². The van der Waals surface area contributed by atoms with Gasteiger partial charge in [-0.1, -0.05) is 30.3 Å². The maximum absolute atomic E-state index is 13.4. The number of aromatic nitrogens is 2. The van der Waals surface area contributed by atoms with Gasteiger partial charge in [-0.15, -0.1) is 0 Å². The van der Waals surface area contributed by atoms with Crippen molar-refractivity contribution >= 4 is 32.7 Å². The number of aliphatic hydroxyl groups excluding tert-OH is 1. The van der Waals surface area contributed by atoms with Crippen molar-refractivity contribution in [3.05, 3.63) is 60.4 Å². The standard InChI is InChI=1S/C25H29N5O6S/c31-17-21-16-29(25-26-14-20(15-27-25)24(32)28-36-23-7-3-4-12-35-23)10-11-30(21)37(33,34)22-9-8-18-5-1-2-6-19(18)13-22/h1-2,5-6,8-9,13-15,21,23,31H,3-4,7,10-12,16-17H2,(H,28,32). The van der Waals surface area contributed by atoms with Crippen LogP contribution in [0.25, 0.3) is 10.8 Å². The normalized spacial score (nSPS) is 21.2. The van der Waals surface area contributed by atoms with Crippen LogP contribution in [0, 0.1) is 0 Å². The largest absolute Gasteiger partial charge is 0.395 e. The summed E-state index contributed by atoms with van der Waals surface area (Å²) in [5.41, 5.74) is 2.59. The van der Waals surface area contributed by atoms with Gasteiger partial charge in [0, 0.05) is 45.1 Å². The van der Waals surface area contributed by atoms with E-state index in [0.717, 1.165) is 23.6 Å². The van der Waals surface area contributed by atoms with Crippen molar-refractivity contribution in [2.75, 3.05) is 37.7 Å². The van der Waals surface area contributed by atoms with Crippen molar-refractivity contribution in [1.29, 1.82) is 0 Å². The molecule has 11 nitrogen and oxygen atoms in total. The number of aliphatic hydroxyl groups is 1. The average molecular weight is 528 g/mol. The lowest BCUT2D eigenvalue weighted by Gasteiger charge is -2.39. The second-order valence-electron chi connectivity index (χ2n) is 9.02. The topological polar surface area (TPSA) is 134 Å². The van der Waals surface area contributed by atoms with E-state index in [0.29, 0.717) is 25.5 Å². The van der Waals surface area contributed by atoms with E-state index in [1.807, 2.05) is 24.3 Å². The fourth-order valence-corrected chi connectivity index (χ4v) is 6.17. The number of anilines is 1. The number of fused-ring (bicyclic) bond motifs is 1. The van der Waals surface area contributed by atoms with E-state index in [9.17, 15) is 18.3 Å². The number of carbonyl (C=O) groups excluding carboxylic acids is 1. The minimum Gasteiger partial charge on any atom is -0.395 e. The molecule has 0 radical (unpaired) electrons. The average Bonchev–Trinajstić information content (AvgIpc) is 2.96. The lowest BCUT2D eigenvalue weighted by atomic mass is 10.1. The van der Waals surface area contributed by atoms with Crippen molar-refractivity contribution in [3.8, 4) is 0 Å². The number of hydrogen-bond donors (Lipinski definition) is 2. The third-order valence-electron chi connectivity index (χ3n) is 6.57. The molecule has 37 heavy (non-hydrogen) atoms. The summed E-state index contributed by atoms with van der Waals surface area (Å²) in [6, 6.07) is 11.9. The van der Waals surface area contributed by atoms with Crippen molar-refractivity contribution in [2.45, 2.75) is 36.5 Å². The highest BCUT2D eigenvalue weighted by Gasteiger charge is 2.36. The summed E-state index contributed by atoms with van der Waals surface area (Å²) >= 11 is 0. The van der Waals surface area contributed by atoms with Crippen molar-refractivity contribution in [2.24, 2.45) is 0 Å². The van der Waals surface area contributed by atoms with Crippen molar-refractivity contribution in [3.63, 3.8) is 0 Å². The lowest BCUT2D eigenvalue weighted by Crippen LogP contribution is -2.57. The quantitative estimate of drug-likeness (QED) is 0.440. The van der Waals surface area contributed by atoms with E-state index in [2.05, 4.69) is 15.4 Å². The lowest BCUT2D eigenvalue weighted by molar-refractivity contribution is -0.186. The number of ether oxygens (including phenoxy) is 1. The molecular weight excluding hydrogens is 498 g/mol.